The Hall–Kier alpha value is -1.24. The maximum atomic E-state index is 9.93. The van der Waals surface area contributed by atoms with Crippen molar-refractivity contribution in [2.24, 2.45) is 0 Å². The third-order valence-electron chi connectivity index (χ3n) is 0.958. The molecule has 0 aromatic heterocycles. The molecular formula is C4H8N2O5. The van der Waals surface area contributed by atoms with Gasteiger partial charge < -0.3 is 4.74 Å². The number of hydrogen-bond donors (Lipinski definition) is 0. The van der Waals surface area contributed by atoms with Crippen LogP contribution in [0.15, 0.2) is 0 Å². The van der Waals surface area contributed by atoms with Crippen molar-refractivity contribution in [3.05, 3.63) is 20.2 Å². The number of nitrogens with zero attached hydrogens (tertiary/aromatic N) is 2. The van der Waals surface area contributed by atoms with Gasteiger partial charge in [-0.25, -0.2) is 0 Å². The fourth-order valence-corrected chi connectivity index (χ4v) is 0.422. The van der Waals surface area contributed by atoms with E-state index in [0.717, 1.165) is 0 Å². The zero-order valence-corrected chi connectivity index (χ0v) is 5.93. The van der Waals surface area contributed by atoms with Crippen molar-refractivity contribution in [1.29, 1.82) is 0 Å². The summed E-state index contributed by atoms with van der Waals surface area (Å²) in [6.07, 6.45) is -1.84. The Morgan fingerprint density at radius 2 is 1.82 bits per heavy atom. The van der Waals surface area contributed by atoms with Crippen LogP contribution in [-0.4, -0.2) is 29.2 Å². The molecule has 0 atom stereocenters. The highest BCUT2D eigenvalue weighted by Gasteiger charge is 2.31. The van der Waals surface area contributed by atoms with Crippen LogP contribution in [-0.2, 0) is 4.74 Å². The molecule has 0 spiro atoms. The molecule has 0 amide bonds. The first kappa shape index (κ1) is 9.76. The van der Waals surface area contributed by atoms with Gasteiger partial charge in [0.1, 0.15) is 0 Å². The molecule has 0 unspecified atom stereocenters. The zero-order valence-electron chi connectivity index (χ0n) is 5.93. The third-order valence-corrected chi connectivity index (χ3v) is 0.958. The standard InChI is InChI=1S/C4H8N2O5/c1-2-11-3-4(5(7)8)6(9)10/h4H,2-3H2,1H3. The van der Waals surface area contributed by atoms with Crippen LogP contribution >= 0.6 is 0 Å². The molecule has 11 heavy (non-hydrogen) atoms. The highest BCUT2D eigenvalue weighted by atomic mass is 16.7. The fourth-order valence-electron chi connectivity index (χ4n) is 0.422. The summed E-state index contributed by atoms with van der Waals surface area (Å²) in [5, 5.41) is 19.9. The summed E-state index contributed by atoms with van der Waals surface area (Å²) in [6, 6.07) is 0. The SMILES string of the molecule is CCOCC([N+](=O)[O-])[N+](=O)[O-]. The minimum Gasteiger partial charge on any atom is -0.367 e. The van der Waals surface area contributed by atoms with Gasteiger partial charge in [-0.15, -0.1) is 0 Å². The molecule has 0 fully saturated rings. The second-order valence-corrected chi connectivity index (χ2v) is 1.71. The van der Waals surface area contributed by atoms with Crippen molar-refractivity contribution >= 4 is 0 Å². The van der Waals surface area contributed by atoms with Gasteiger partial charge in [0.25, 0.3) is 0 Å². The second kappa shape index (κ2) is 4.56. The minimum absolute atomic E-state index is 0.234. The molecule has 0 bridgehead atoms. The van der Waals surface area contributed by atoms with Crippen LogP contribution in [0.1, 0.15) is 6.92 Å². The average Bonchev–Trinajstić information content (AvgIpc) is 1.87. The lowest BCUT2D eigenvalue weighted by Crippen LogP contribution is -2.33. The summed E-state index contributed by atoms with van der Waals surface area (Å²) in [7, 11) is 0. The van der Waals surface area contributed by atoms with Crippen LogP contribution in [0.5, 0.6) is 0 Å². The molecule has 0 N–H and O–H groups in total. The molecule has 0 radical (unpaired) electrons. The van der Waals surface area contributed by atoms with Gasteiger partial charge in [-0.2, -0.15) is 0 Å². The lowest BCUT2D eigenvalue weighted by atomic mass is 10.6. The highest BCUT2D eigenvalue weighted by molar-refractivity contribution is 4.36. The zero-order chi connectivity index (χ0) is 8.85. The first-order valence-corrected chi connectivity index (χ1v) is 2.94. The van der Waals surface area contributed by atoms with Gasteiger partial charge in [0.15, 0.2) is 6.61 Å². The van der Waals surface area contributed by atoms with Gasteiger partial charge in [-0.1, -0.05) is 0 Å². The summed E-state index contributed by atoms with van der Waals surface area (Å²) in [5.74, 6) is 0. The van der Waals surface area contributed by atoms with E-state index < -0.39 is 22.6 Å². The van der Waals surface area contributed by atoms with Crippen molar-refractivity contribution in [2.45, 2.75) is 13.1 Å². The van der Waals surface area contributed by atoms with E-state index in [1.807, 2.05) is 0 Å². The van der Waals surface area contributed by atoms with Crippen molar-refractivity contribution in [2.75, 3.05) is 13.2 Å². The van der Waals surface area contributed by atoms with E-state index in [4.69, 9.17) is 0 Å². The first-order valence-electron chi connectivity index (χ1n) is 2.94. The normalized spacial score (nSPS) is 10.0. The van der Waals surface area contributed by atoms with Crippen LogP contribution < -0.4 is 0 Å². The van der Waals surface area contributed by atoms with Gasteiger partial charge in [0.2, 0.25) is 0 Å². The summed E-state index contributed by atoms with van der Waals surface area (Å²) in [6.45, 7) is 1.37. The molecule has 0 saturated carbocycles. The Morgan fingerprint density at radius 3 is 2.09 bits per heavy atom. The smallest absolute Gasteiger partial charge is 0.367 e. The number of nitro groups is 2. The fraction of sp³-hybridized carbons (Fsp3) is 1.00. The molecule has 0 heterocycles. The summed E-state index contributed by atoms with van der Waals surface area (Å²) >= 11 is 0. The van der Waals surface area contributed by atoms with E-state index in [1.165, 1.54) is 0 Å². The van der Waals surface area contributed by atoms with Crippen molar-refractivity contribution in [3.8, 4) is 0 Å². The molecule has 0 rings (SSSR count). The quantitative estimate of drug-likeness (QED) is 0.321. The average molecular weight is 164 g/mol. The Balaban J connectivity index is 3.90. The monoisotopic (exact) mass is 164 g/mol. The summed E-state index contributed by atoms with van der Waals surface area (Å²) < 4.78 is 4.53. The Bertz CT molecular complexity index is 145. The molecule has 0 aromatic carbocycles. The molecule has 0 aliphatic carbocycles. The Kier molecular flexibility index (Phi) is 4.04. The minimum atomic E-state index is -1.84. The van der Waals surface area contributed by atoms with E-state index >= 15 is 0 Å². The van der Waals surface area contributed by atoms with E-state index in [-0.39, 0.29) is 6.61 Å². The van der Waals surface area contributed by atoms with Crippen LogP contribution in [0.4, 0.5) is 0 Å². The van der Waals surface area contributed by atoms with E-state index in [0.29, 0.717) is 0 Å². The van der Waals surface area contributed by atoms with Crippen LogP contribution in [0.2, 0.25) is 0 Å². The summed E-state index contributed by atoms with van der Waals surface area (Å²) in [5.41, 5.74) is 0. The van der Waals surface area contributed by atoms with Gasteiger partial charge in [0.05, 0.1) is 9.85 Å². The van der Waals surface area contributed by atoms with Crippen molar-refractivity contribution in [3.63, 3.8) is 0 Å². The molecule has 7 nitrogen and oxygen atoms in total. The van der Waals surface area contributed by atoms with Gasteiger partial charge in [-0.3, -0.25) is 20.2 Å². The molecule has 7 heteroatoms. The number of ether oxygens (including phenoxy) is 1. The van der Waals surface area contributed by atoms with Crippen molar-refractivity contribution < 1.29 is 14.6 Å². The predicted molar refractivity (Wildman–Crippen MR) is 34.3 cm³/mol. The topological polar surface area (TPSA) is 95.5 Å². The molecular weight excluding hydrogens is 156 g/mol. The summed E-state index contributed by atoms with van der Waals surface area (Å²) in [4.78, 5) is 17.9. The van der Waals surface area contributed by atoms with Crippen molar-refractivity contribution in [1.82, 2.24) is 0 Å². The van der Waals surface area contributed by atoms with E-state index in [1.54, 1.807) is 6.92 Å². The van der Waals surface area contributed by atoms with E-state index in [2.05, 4.69) is 4.74 Å². The molecule has 0 saturated heterocycles. The number of rotatable bonds is 5. The first-order chi connectivity index (χ1) is 5.09. The van der Waals surface area contributed by atoms with Crippen LogP contribution in [0.25, 0.3) is 0 Å². The lowest BCUT2D eigenvalue weighted by molar-refractivity contribution is -0.744. The van der Waals surface area contributed by atoms with Crippen LogP contribution in [0, 0.1) is 20.2 Å². The molecule has 64 valence electrons. The van der Waals surface area contributed by atoms with E-state index in [9.17, 15) is 20.2 Å². The Labute approximate surface area is 62.3 Å². The van der Waals surface area contributed by atoms with Crippen LogP contribution in [0.3, 0.4) is 0 Å². The maximum absolute atomic E-state index is 9.93. The molecule has 0 aliphatic heterocycles. The maximum Gasteiger partial charge on any atom is 0.473 e. The van der Waals surface area contributed by atoms with Gasteiger partial charge in [0, 0.05) is 6.61 Å². The molecule has 0 aromatic rings. The number of hydrogen-bond acceptors (Lipinski definition) is 5. The lowest BCUT2D eigenvalue weighted by Gasteiger charge is -2.00. The van der Waals surface area contributed by atoms with Gasteiger partial charge >= 0.3 is 6.17 Å². The van der Waals surface area contributed by atoms with Gasteiger partial charge in [-0.05, 0) is 6.92 Å². The predicted octanol–water partition coefficient (Wildman–Crippen LogP) is -0.0976. The largest absolute Gasteiger partial charge is 0.473 e. The second-order valence-electron chi connectivity index (χ2n) is 1.71. The Morgan fingerprint density at radius 1 is 1.36 bits per heavy atom. The molecule has 0 aliphatic rings. The third kappa shape index (κ3) is 3.46. The highest BCUT2D eigenvalue weighted by Crippen LogP contribution is 1.92.